The predicted octanol–water partition coefficient (Wildman–Crippen LogP) is 4.69. The average Bonchev–Trinajstić information content (AvgIpc) is 2.64. The molecular weight excluding hydrogens is 380 g/mol. The van der Waals surface area contributed by atoms with Gasteiger partial charge in [0.25, 0.3) is 0 Å². The Morgan fingerprint density at radius 3 is 2.44 bits per heavy atom. The number of fused-ring (bicyclic) bond motifs is 3. The van der Waals surface area contributed by atoms with Crippen molar-refractivity contribution in [2.45, 2.75) is 18.9 Å². The Labute approximate surface area is 156 Å². The second-order valence-electron chi connectivity index (χ2n) is 6.89. The highest BCUT2D eigenvalue weighted by Crippen LogP contribution is 2.39. The van der Waals surface area contributed by atoms with Crippen molar-refractivity contribution in [2.75, 3.05) is 24.5 Å². The molecule has 1 N–H and O–H groups in total. The number of piperidine rings is 3. The van der Waals surface area contributed by atoms with Crippen LogP contribution in [0.2, 0.25) is 0 Å². The summed E-state index contributed by atoms with van der Waals surface area (Å²) in [6.45, 7) is 3.03. The molecule has 0 spiro atoms. The van der Waals surface area contributed by atoms with E-state index in [1.54, 1.807) is 4.90 Å². The summed E-state index contributed by atoms with van der Waals surface area (Å²) in [7, 11) is 0. The van der Waals surface area contributed by atoms with E-state index in [1.165, 1.54) is 0 Å². The maximum Gasteiger partial charge on any atom is 0.412 e. The van der Waals surface area contributed by atoms with Crippen molar-refractivity contribution >= 4 is 27.7 Å². The summed E-state index contributed by atoms with van der Waals surface area (Å²) in [5, 5.41) is 10.0. The summed E-state index contributed by atoms with van der Waals surface area (Å²) in [4.78, 5) is 16.2. The second-order valence-corrected chi connectivity index (χ2v) is 7.80. The van der Waals surface area contributed by atoms with Crippen LogP contribution in [0.4, 0.5) is 10.5 Å². The minimum atomic E-state index is -0.863. The zero-order valence-corrected chi connectivity index (χ0v) is 15.5. The highest BCUT2D eigenvalue weighted by atomic mass is 79.9. The lowest BCUT2D eigenvalue weighted by Crippen LogP contribution is -2.58. The molecule has 1 atom stereocenters. The third-order valence-electron chi connectivity index (χ3n) is 5.46. The van der Waals surface area contributed by atoms with E-state index in [1.807, 2.05) is 48.5 Å². The molecule has 0 aliphatic carbocycles. The normalized spacial score (nSPS) is 24.9. The second kappa shape index (κ2) is 6.81. The first-order valence-electron chi connectivity index (χ1n) is 8.73. The average molecular weight is 401 g/mol. The van der Waals surface area contributed by atoms with Crippen LogP contribution in [0.25, 0.3) is 11.1 Å². The van der Waals surface area contributed by atoms with Gasteiger partial charge < -0.3 is 10.0 Å². The summed E-state index contributed by atoms with van der Waals surface area (Å²) in [6.07, 6.45) is 1.32. The van der Waals surface area contributed by atoms with Crippen molar-refractivity contribution in [2.24, 2.45) is 5.92 Å². The maximum absolute atomic E-state index is 12.2. The van der Waals surface area contributed by atoms with Gasteiger partial charge >= 0.3 is 6.09 Å². The van der Waals surface area contributed by atoms with Gasteiger partial charge in [-0.1, -0.05) is 46.3 Å². The van der Waals surface area contributed by atoms with E-state index in [9.17, 15) is 9.90 Å². The van der Waals surface area contributed by atoms with Crippen molar-refractivity contribution in [1.29, 1.82) is 0 Å². The smallest absolute Gasteiger partial charge is 0.412 e. The number of rotatable bonds is 3. The van der Waals surface area contributed by atoms with Crippen molar-refractivity contribution in [3.8, 4) is 11.1 Å². The van der Waals surface area contributed by atoms with Crippen LogP contribution in [0, 0.1) is 5.92 Å². The Bertz CT molecular complexity index is 773. The summed E-state index contributed by atoms with van der Waals surface area (Å²) in [6, 6.07) is 15.9. The van der Waals surface area contributed by atoms with E-state index >= 15 is 0 Å². The molecule has 130 valence electrons. The number of benzene rings is 2. The molecule has 5 heteroatoms. The number of carbonyl (C=O) groups is 1. The first-order valence-corrected chi connectivity index (χ1v) is 9.52. The number of halogens is 1. The number of amides is 1. The number of anilines is 1. The number of nitrogens with zero attached hydrogens (tertiary/aromatic N) is 2. The van der Waals surface area contributed by atoms with Crippen LogP contribution in [0.5, 0.6) is 0 Å². The molecule has 3 aliphatic rings. The molecule has 0 radical (unpaired) electrons. The van der Waals surface area contributed by atoms with Crippen molar-refractivity contribution in [1.82, 2.24) is 4.90 Å². The molecule has 0 aromatic heterocycles. The Kier molecular flexibility index (Phi) is 4.52. The monoisotopic (exact) mass is 400 g/mol. The fourth-order valence-corrected chi connectivity index (χ4v) is 4.58. The molecule has 3 saturated heterocycles. The maximum atomic E-state index is 12.2. The number of hydrogen-bond acceptors (Lipinski definition) is 2. The number of carboxylic acid groups (broad SMARTS) is 1. The predicted molar refractivity (Wildman–Crippen MR) is 103 cm³/mol. The van der Waals surface area contributed by atoms with Crippen LogP contribution >= 0.6 is 15.9 Å². The van der Waals surface area contributed by atoms with Gasteiger partial charge in [-0.05, 0) is 55.6 Å². The van der Waals surface area contributed by atoms with Crippen LogP contribution in [0.3, 0.4) is 0 Å². The van der Waals surface area contributed by atoms with Crippen LogP contribution in [0.15, 0.2) is 53.0 Å². The molecule has 0 unspecified atom stereocenters. The van der Waals surface area contributed by atoms with E-state index in [0.29, 0.717) is 5.92 Å². The van der Waals surface area contributed by atoms with Gasteiger partial charge in [-0.2, -0.15) is 0 Å². The molecule has 3 fully saturated rings. The lowest BCUT2D eigenvalue weighted by molar-refractivity contribution is 0.0838. The highest BCUT2D eigenvalue weighted by molar-refractivity contribution is 9.10. The van der Waals surface area contributed by atoms with Crippen molar-refractivity contribution in [3.05, 3.63) is 53.0 Å². The van der Waals surface area contributed by atoms with E-state index in [2.05, 4.69) is 20.8 Å². The fraction of sp³-hybridized carbons (Fsp3) is 0.350. The van der Waals surface area contributed by atoms with E-state index < -0.39 is 6.09 Å². The van der Waals surface area contributed by atoms with Gasteiger partial charge in [0.15, 0.2) is 0 Å². The lowest BCUT2D eigenvalue weighted by Gasteiger charge is -2.48. The largest absolute Gasteiger partial charge is 0.465 e. The molecule has 3 aliphatic heterocycles. The summed E-state index contributed by atoms with van der Waals surface area (Å²) < 4.78 is 0.953. The van der Waals surface area contributed by atoms with Crippen molar-refractivity contribution < 1.29 is 9.90 Å². The molecule has 25 heavy (non-hydrogen) atoms. The Morgan fingerprint density at radius 2 is 1.84 bits per heavy atom. The summed E-state index contributed by atoms with van der Waals surface area (Å²) in [5.41, 5.74) is 2.76. The Morgan fingerprint density at radius 1 is 1.12 bits per heavy atom. The van der Waals surface area contributed by atoms with E-state index in [0.717, 1.165) is 53.8 Å². The SMILES string of the molecule is O=C(O)N(c1ccc(Br)cc1-c1ccccc1)[C@H]1CN2CCC1CC2. The van der Waals surface area contributed by atoms with E-state index in [-0.39, 0.29) is 6.04 Å². The zero-order chi connectivity index (χ0) is 17.4. The molecule has 0 saturated carbocycles. The first-order chi connectivity index (χ1) is 12.1. The molecule has 2 aromatic rings. The molecular formula is C20H21BrN2O2. The quantitative estimate of drug-likeness (QED) is 0.811. The van der Waals surface area contributed by atoms with Crippen LogP contribution < -0.4 is 4.90 Å². The van der Waals surface area contributed by atoms with Crippen molar-refractivity contribution in [3.63, 3.8) is 0 Å². The molecule has 3 heterocycles. The third kappa shape index (κ3) is 3.18. The van der Waals surface area contributed by atoms with Gasteiger partial charge in [0.05, 0.1) is 11.7 Å². The van der Waals surface area contributed by atoms with Gasteiger partial charge in [0.2, 0.25) is 0 Å². The van der Waals surface area contributed by atoms with Gasteiger partial charge in [0.1, 0.15) is 0 Å². The minimum absolute atomic E-state index is 0.0311. The van der Waals surface area contributed by atoms with Crippen LogP contribution in [-0.2, 0) is 0 Å². The third-order valence-corrected chi connectivity index (χ3v) is 5.96. The molecule has 2 bridgehead atoms. The summed E-state index contributed by atoms with van der Waals surface area (Å²) in [5.74, 6) is 0.452. The topological polar surface area (TPSA) is 43.8 Å². The Hall–Kier alpha value is -1.85. The highest BCUT2D eigenvalue weighted by Gasteiger charge is 2.40. The number of hydrogen-bond donors (Lipinski definition) is 1. The van der Waals surface area contributed by atoms with E-state index in [4.69, 9.17) is 0 Å². The zero-order valence-electron chi connectivity index (χ0n) is 13.9. The standard InChI is InChI=1S/C20H21BrN2O2/c21-16-6-7-18(17(12-16)14-4-2-1-3-5-14)23(20(24)25)19-13-22-10-8-15(19)9-11-22/h1-7,12,15,19H,8-11,13H2,(H,24,25)/t19-/m0/s1. The van der Waals surface area contributed by atoms with Gasteiger partial charge in [0, 0.05) is 16.6 Å². The first kappa shape index (κ1) is 16.6. The van der Waals surface area contributed by atoms with Crippen LogP contribution in [0.1, 0.15) is 12.8 Å². The van der Waals surface area contributed by atoms with Gasteiger partial charge in [-0.3, -0.25) is 4.90 Å². The van der Waals surface area contributed by atoms with Crippen LogP contribution in [-0.4, -0.2) is 41.8 Å². The fourth-order valence-electron chi connectivity index (χ4n) is 4.22. The molecule has 2 aromatic carbocycles. The molecule has 4 nitrogen and oxygen atoms in total. The molecule has 5 rings (SSSR count). The summed E-state index contributed by atoms with van der Waals surface area (Å²) >= 11 is 3.53. The van der Waals surface area contributed by atoms with Gasteiger partial charge in [-0.25, -0.2) is 4.79 Å². The van der Waals surface area contributed by atoms with Gasteiger partial charge in [-0.15, -0.1) is 0 Å². The minimum Gasteiger partial charge on any atom is -0.465 e. The Balaban J connectivity index is 1.79. The molecule has 1 amide bonds. The lowest BCUT2D eigenvalue weighted by atomic mass is 9.82.